The minimum absolute atomic E-state index is 0.698. The van der Waals surface area contributed by atoms with E-state index < -0.39 is 5.97 Å². The molecule has 0 saturated heterocycles. The lowest BCUT2D eigenvalue weighted by Crippen LogP contribution is -2.19. The van der Waals surface area contributed by atoms with Crippen LogP contribution in [0.1, 0.15) is 24.8 Å². The van der Waals surface area contributed by atoms with Gasteiger partial charge in [-0.25, -0.2) is 4.79 Å². The van der Waals surface area contributed by atoms with Crippen molar-refractivity contribution in [1.82, 2.24) is 0 Å². The number of ether oxygens (including phenoxy) is 1. The first-order chi connectivity index (χ1) is 8.65. The van der Waals surface area contributed by atoms with E-state index in [2.05, 4.69) is 15.9 Å². The van der Waals surface area contributed by atoms with E-state index in [0.717, 1.165) is 28.5 Å². The second kappa shape index (κ2) is 6.05. The van der Waals surface area contributed by atoms with Crippen molar-refractivity contribution < 1.29 is 14.6 Å². The number of hydrogen-bond donors (Lipinski definition) is 1. The summed E-state index contributed by atoms with van der Waals surface area (Å²) in [6.45, 7) is 0.767. The van der Waals surface area contributed by atoms with Crippen LogP contribution in [0.4, 0.5) is 0 Å². The summed E-state index contributed by atoms with van der Waals surface area (Å²) in [5.41, 5.74) is 0.834. The van der Waals surface area contributed by atoms with Crippen LogP contribution in [0.15, 0.2) is 28.7 Å². The Morgan fingerprint density at radius 2 is 2.28 bits per heavy atom. The summed E-state index contributed by atoms with van der Waals surface area (Å²) in [7, 11) is 0. The molecule has 0 atom stereocenters. The molecule has 0 aliphatic heterocycles. The lowest BCUT2D eigenvalue weighted by molar-refractivity contribution is -0.131. The van der Waals surface area contributed by atoms with Crippen LogP contribution in [-0.4, -0.2) is 17.7 Å². The van der Waals surface area contributed by atoms with Crippen LogP contribution >= 0.6 is 15.9 Å². The number of halogens is 1. The van der Waals surface area contributed by atoms with Gasteiger partial charge in [-0.15, -0.1) is 0 Å². The fraction of sp³-hybridized carbons (Fsp3) is 0.357. The first-order valence-electron chi connectivity index (χ1n) is 5.98. The van der Waals surface area contributed by atoms with Crippen LogP contribution < -0.4 is 4.74 Å². The van der Waals surface area contributed by atoms with Gasteiger partial charge in [0, 0.05) is 6.08 Å². The molecule has 1 N–H and O–H groups in total. The largest absolute Gasteiger partial charge is 0.492 e. The number of aliphatic carboxylic acids is 1. The molecule has 0 radical (unpaired) electrons. The second-order valence-electron chi connectivity index (χ2n) is 4.47. The monoisotopic (exact) mass is 310 g/mol. The van der Waals surface area contributed by atoms with Crippen molar-refractivity contribution in [2.24, 2.45) is 5.92 Å². The highest BCUT2D eigenvalue weighted by Gasteiger charge is 2.18. The molecule has 0 amide bonds. The van der Waals surface area contributed by atoms with Crippen molar-refractivity contribution >= 4 is 28.0 Å². The standard InChI is InChI=1S/C14H15BrO3/c15-12-8-10(5-7-14(16)17)4-6-13(12)18-9-11-2-1-3-11/h4-8,11H,1-3,9H2,(H,16,17). The zero-order valence-electron chi connectivity index (χ0n) is 9.93. The van der Waals surface area contributed by atoms with E-state index in [-0.39, 0.29) is 0 Å². The van der Waals surface area contributed by atoms with Gasteiger partial charge in [0.1, 0.15) is 5.75 Å². The molecule has 96 valence electrons. The number of carbonyl (C=O) groups is 1. The molecule has 0 spiro atoms. The Hall–Kier alpha value is -1.29. The van der Waals surface area contributed by atoms with Gasteiger partial charge in [0.2, 0.25) is 0 Å². The van der Waals surface area contributed by atoms with Gasteiger partial charge in [0.05, 0.1) is 11.1 Å². The number of hydrogen-bond acceptors (Lipinski definition) is 2. The summed E-state index contributed by atoms with van der Waals surface area (Å²) in [5, 5.41) is 8.55. The highest BCUT2D eigenvalue weighted by molar-refractivity contribution is 9.10. The molecule has 4 heteroatoms. The molecule has 0 bridgehead atoms. The average Bonchev–Trinajstić information content (AvgIpc) is 2.26. The third-order valence-electron chi connectivity index (χ3n) is 3.07. The molecular formula is C14H15BrO3. The second-order valence-corrected chi connectivity index (χ2v) is 5.32. The average molecular weight is 311 g/mol. The fourth-order valence-corrected chi connectivity index (χ4v) is 2.28. The van der Waals surface area contributed by atoms with Gasteiger partial charge in [-0.05, 0) is 58.5 Å². The number of rotatable bonds is 5. The lowest BCUT2D eigenvalue weighted by Gasteiger charge is -2.25. The molecule has 18 heavy (non-hydrogen) atoms. The normalized spacial score (nSPS) is 15.6. The molecule has 2 rings (SSSR count). The van der Waals surface area contributed by atoms with Gasteiger partial charge in [-0.2, -0.15) is 0 Å². The summed E-state index contributed by atoms with van der Waals surface area (Å²) in [6, 6.07) is 5.57. The Morgan fingerprint density at radius 3 is 2.83 bits per heavy atom. The van der Waals surface area contributed by atoms with Crippen molar-refractivity contribution in [3.63, 3.8) is 0 Å². The van der Waals surface area contributed by atoms with E-state index in [1.165, 1.54) is 19.3 Å². The quantitative estimate of drug-likeness (QED) is 0.843. The van der Waals surface area contributed by atoms with Crippen LogP contribution in [0.3, 0.4) is 0 Å². The maximum Gasteiger partial charge on any atom is 0.328 e. The Balaban J connectivity index is 1.97. The van der Waals surface area contributed by atoms with E-state index in [1.807, 2.05) is 18.2 Å². The smallest absolute Gasteiger partial charge is 0.328 e. The predicted octanol–water partition coefficient (Wildman–Crippen LogP) is 3.73. The van der Waals surface area contributed by atoms with E-state index in [4.69, 9.17) is 9.84 Å². The summed E-state index contributed by atoms with van der Waals surface area (Å²) in [5.74, 6) is 0.564. The first-order valence-corrected chi connectivity index (χ1v) is 6.78. The zero-order chi connectivity index (χ0) is 13.0. The van der Waals surface area contributed by atoms with E-state index >= 15 is 0 Å². The summed E-state index contributed by atoms with van der Waals surface area (Å²) < 4.78 is 6.59. The van der Waals surface area contributed by atoms with Crippen LogP contribution in [-0.2, 0) is 4.79 Å². The van der Waals surface area contributed by atoms with E-state index in [0.29, 0.717) is 5.92 Å². The Labute approximate surface area is 115 Å². The molecule has 1 fully saturated rings. The van der Waals surface area contributed by atoms with Crippen molar-refractivity contribution in [3.05, 3.63) is 34.3 Å². The van der Waals surface area contributed by atoms with Crippen molar-refractivity contribution in [3.8, 4) is 5.75 Å². The van der Waals surface area contributed by atoms with Gasteiger partial charge in [0.25, 0.3) is 0 Å². The maximum atomic E-state index is 10.4. The summed E-state index contributed by atoms with van der Waals surface area (Å²) in [6.07, 6.45) is 6.52. The Morgan fingerprint density at radius 1 is 1.50 bits per heavy atom. The number of carboxylic acid groups (broad SMARTS) is 1. The fourth-order valence-electron chi connectivity index (χ4n) is 1.77. The molecule has 1 aliphatic carbocycles. The summed E-state index contributed by atoms with van der Waals surface area (Å²) in [4.78, 5) is 10.4. The maximum absolute atomic E-state index is 10.4. The van der Waals surface area contributed by atoms with Gasteiger partial charge in [-0.1, -0.05) is 12.5 Å². The van der Waals surface area contributed by atoms with Gasteiger partial charge < -0.3 is 9.84 Å². The van der Waals surface area contributed by atoms with E-state index in [9.17, 15) is 4.79 Å². The van der Waals surface area contributed by atoms with Gasteiger partial charge in [0.15, 0.2) is 0 Å². The van der Waals surface area contributed by atoms with Crippen molar-refractivity contribution in [2.75, 3.05) is 6.61 Å². The number of carboxylic acids is 1. The van der Waals surface area contributed by atoms with Crippen molar-refractivity contribution in [2.45, 2.75) is 19.3 Å². The molecule has 1 aromatic rings. The molecule has 3 nitrogen and oxygen atoms in total. The molecule has 1 aromatic carbocycles. The highest BCUT2D eigenvalue weighted by Crippen LogP contribution is 2.30. The van der Waals surface area contributed by atoms with Crippen LogP contribution in [0, 0.1) is 5.92 Å². The molecular weight excluding hydrogens is 296 g/mol. The van der Waals surface area contributed by atoms with E-state index in [1.54, 1.807) is 6.08 Å². The highest BCUT2D eigenvalue weighted by atomic mass is 79.9. The SMILES string of the molecule is O=C(O)C=Cc1ccc(OCC2CCC2)c(Br)c1. The van der Waals surface area contributed by atoms with Crippen LogP contribution in [0.5, 0.6) is 5.75 Å². The van der Waals surface area contributed by atoms with Crippen LogP contribution in [0.2, 0.25) is 0 Å². The lowest BCUT2D eigenvalue weighted by atomic mass is 9.86. The molecule has 0 heterocycles. The van der Waals surface area contributed by atoms with Crippen molar-refractivity contribution in [1.29, 1.82) is 0 Å². The molecule has 0 aromatic heterocycles. The minimum atomic E-state index is -0.948. The third kappa shape index (κ3) is 3.60. The molecule has 1 saturated carbocycles. The third-order valence-corrected chi connectivity index (χ3v) is 3.69. The van der Waals surface area contributed by atoms with Gasteiger partial charge in [-0.3, -0.25) is 0 Å². The van der Waals surface area contributed by atoms with Crippen LogP contribution in [0.25, 0.3) is 6.08 Å². The van der Waals surface area contributed by atoms with Gasteiger partial charge >= 0.3 is 5.97 Å². The number of benzene rings is 1. The predicted molar refractivity (Wildman–Crippen MR) is 73.6 cm³/mol. The molecule has 0 unspecified atom stereocenters. The zero-order valence-corrected chi connectivity index (χ0v) is 11.5. The first kappa shape index (κ1) is 13.1. The minimum Gasteiger partial charge on any atom is -0.492 e. The molecule has 1 aliphatic rings. The Kier molecular flexibility index (Phi) is 4.42. The topological polar surface area (TPSA) is 46.5 Å². The Bertz CT molecular complexity index is 464. The summed E-state index contributed by atoms with van der Waals surface area (Å²) >= 11 is 3.44.